The predicted molar refractivity (Wildman–Crippen MR) is 137 cm³/mol. The minimum absolute atomic E-state index is 0.318. The third kappa shape index (κ3) is 10.7. The van der Waals surface area contributed by atoms with Crippen LogP contribution in [0.5, 0.6) is 5.75 Å². The Kier molecular flexibility index (Phi) is 10.4. The molecule has 0 aliphatic heterocycles. The number of aromatic amines is 1. The number of carbonyl (C=O) groups excluding carboxylic acids is 1. The number of guanidine groups is 1. The Morgan fingerprint density at radius 1 is 1.08 bits per heavy atom. The van der Waals surface area contributed by atoms with E-state index in [1.807, 2.05) is 43.3 Å². The Hall–Kier alpha value is -3.66. The van der Waals surface area contributed by atoms with E-state index in [0.717, 1.165) is 26.9 Å². The second kappa shape index (κ2) is 12.3. The number of carbonyl (C=O) groups is 1. The quantitative estimate of drug-likeness (QED) is 0.120. The maximum Gasteiger partial charge on any atom is 0.276 e. The van der Waals surface area contributed by atoms with E-state index < -0.39 is 20.2 Å². The third-order valence-corrected chi connectivity index (χ3v) is 4.31. The van der Waals surface area contributed by atoms with Crippen molar-refractivity contribution in [2.75, 3.05) is 25.3 Å². The summed E-state index contributed by atoms with van der Waals surface area (Å²) in [6, 6.07) is 13.0. The van der Waals surface area contributed by atoms with Crippen LogP contribution in [0.4, 0.5) is 5.69 Å². The van der Waals surface area contributed by atoms with Crippen LogP contribution in [0.25, 0.3) is 10.9 Å². The summed E-state index contributed by atoms with van der Waals surface area (Å²) < 4.78 is 57.7. The van der Waals surface area contributed by atoms with E-state index in [1.165, 1.54) is 7.05 Å². The number of para-hydroxylation sites is 1. The minimum atomic E-state index is -3.67. The van der Waals surface area contributed by atoms with E-state index in [2.05, 4.69) is 4.98 Å². The zero-order chi connectivity index (χ0) is 27.8. The molecule has 8 N–H and O–H groups in total. The van der Waals surface area contributed by atoms with E-state index in [1.54, 1.807) is 6.07 Å². The molecule has 13 nitrogen and oxygen atoms in total. The van der Waals surface area contributed by atoms with Crippen LogP contribution in [-0.2, 0) is 26.8 Å². The lowest BCUT2D eigenvalue weighted by Crippen LogP contribution is -2.38. The van der Waals surface area contributed by atoms with Crippen LogP contribution in [0.3, 0.4) is 0 Å². The molecule has 0 aliphatic carbocycles. The van der Waals surface area contributed by atoms with E-state index in [4.69, 9.17) is 30.7 Å². The van der Waals surface area contributed by atoms with Crippen LogP contribution in [0.2, 0.25) is 0 Å². The summed E-state index contributed by atoms with van der Waals surface area (Å²) >= 11 is 0. The van der Waals surface area contributed by atoms with Gasteiger partial charge < -0.3 is 21.2 Å². The van der Waals surface area contributed by atoms with Gasteiger partial charge in [-0.2, -0.15) is 16.8 Å². The number of nitrogens with one attached hydrogen (secondary N) is 2. The van der Waals surface area contributed by atoms with Crippen LogP contribution in [0.15, 0.2) is 42.5 Å². The molecule has 15 heteroatoms. The van der Waals surface area contributed by atoms with E-state index in [9.17, 15) is 21.6 Å². The Bertz CT molecular complexity index is 1400. The van der Waals surface area contributed by atoms with Gasteiger partial charge in [-0.1, -0.05) is 24.3 Å². The highest BCUT2D eigenvalue weighted by Gasteiger charge is 2.18. The maximum absolute atomic E-state index is 12.4. The van der Waals surface area contributed by atoms with Gasteiger partial charge in [-0.05, 0) is 30.7 Å². The van der Waals surface area contributed by atoms with Crippen molar-refractivity contribution in [2.45, 2.75) is 13.5 Å². The summed E-state index contributed by atoms with van der Waals surface area (Å²) in [4.78, 5) is 16.6. The van der Waals surface area contributed by atoms with Gasteiger partial charge in [-0.15, -0.1) is 0 Å². The fourth-order valence-corrected chi connectivity index (χ4v) is 2.68. The molecule has 1 heterocycles. The molecular weight excluding hydrogens is 514 g/mol. The zero-order valence-corrected chi connectivity index (χ0v) is 21.6. The molecule has 0 spiro atoms. The van der Waals surface area contributed by atoms with Crippen molar-refractivity contribution in [2.24, 2.45) is 5.73 Å². The molecule has 0 atom stereocenters. The number of ether oxygens (including phenoxy) is 1. The number of fused-ring (bicyclic) bond motifs is 1. The largest absolute Gasteiger partial charge is 0.487 e. The molecule has 0 radical (unpaired) electrons. The number of nitrogens with zero attached hydrogens (tertiary/aromatic N) is 1. The molecule has 0 saturated carbocycles. The number of H-pyrrole nitrogens is 1. The summed E-state index contributed by atoms with van der Waals surface area (Å²) in [6.45, 7) is 2.28. The van der Waals surface area contributed by atoms with Crippen molar-refractivity contribution in [1.29, 1.82) is 5.41 Å². The average molecular weight is 544 g/mol. The Labute approximate surface area is 209 Å². The van der Waals surface area contributed by atoms with Crippen LogP contribution in [0.1, 0.15) is 21.6 Å². The number of aryl methyl sites for hydroxylation is 1. The molecule has 2 aromatic carbocycles. The summed E-state index contributed by atoms with van der Waals surface area (Å²) in [5.41, 5.74) is 15.0. The number of hydrogen-bond donors (Lipinski definition) is 6. The van der Waals surface area contributed by atoms with Crippen molar-refractivity contribution in [3.8, 4) is 5.75 Å². The van der Waals surface area contributed by atoms with Gasteiger partial charge in [-0.3, -0.25) is 24.2 Å². The molecule has 0 aliphatic rings. The van der Waals surface area contributed by atoms with Crippen LogP contribution in [-0.4, -0.2) is 67.3 Å². The highest BCUT2D eigenvalue weighted by atomic mass is 32.2. The van der Waals surface area contributed by atoms with Gasteiger partial charge in [0.25, 0.3) is 26.1 Å². The Morgan fingerprint density at radius 3 is 2.11 bits per heavy atom. The van der Waals surface area contributed by atoms with Crippen molar-refractivity contribution < 1.29 is 35.5 Å². The van der Waals surface area contributed by atoms with Gasteiger partial charge in [0.1, 0.15) is 18.1 Å². The molecule has 36 heavy (non-hydrogen) atoms. The van der Waals surface area contributed by atoms with Crippen molar-refractivity contribution in [1.82, 2.24) is 9.88 Å². The second-order valence-corrected chi connectivity index (χ2v) is 10.5. The van der Waals surface area contributed by atoms with Gasteiger partial charge in [0, 0.05) is 23.7 Å². The van der Waals surface area contributed by atoms with Crippen molar-refractivity contribution in [3.63, 3.8) is 0 Å². The highest BCUT2D eigenvalue weighted by Crippen LogP contribution is 2.30. The first-order valence-corrected chi connectivity index (χ1v) is 13.6. The van der Waals surface area contributed by atoms with Crippen LogP contribution in [0, 0.1) is 12.3 Å². The number of anilines is 1. The third-order valence-electron chi connectivity index (χ3n) is 4.31. The molecular formula is C21H29N5O8S2. The number of amides is 1. The van der Waals surface area contributed by atoms with E-state index in [-0.39, 0.29) is 11.9 Å². The van der Waals surface area contributed by atoms with E-state index >= 15 is 0 Å². The lowest BCUT2D eigenvalue weighted by molar-refractivity contribution is 0.0864. The molecule has 0 fully saturated rings. The van der Waals surface area contributed by atoms with Gasteiger partial charge in [0.05, 0.1) is 18.0 Å². The number of aromatic nitrogens is 1. The number of hydrogen-bond acceptors (Lipinski definition) is 8. The lowest BCUT2D eigenvalue weighted by Gasteiger charge is -2.13. The maximum atomic E-state index is 12.4. The molecule has 198 valence electrons. The predicted octanol–water partition coefficient (Wildman–Crippen LogP) is 1.61. The van der Waals surface area contributed by atoms with Crippen molar-refractivity contribution >= 4 is 48.7 Å². The summed E-state index contributed by atoms with van der Waals surface area (Å²) in [5, 5.41) is 8.29. The molecule has 1 aromatic heterocycles. The first-order valence-electron chi connectivity index (χ1n) is 9.94. The molecule has 1 amide bonds. The van der Waals surface area contributed by atoms with Gasteiger partial charge in [-0.25, -0.2) is 0 Å². The fourth-order valence-electron chi connectivity index (χ4n) is 2.68. The average Bonchev–Trinajstić information content (AvgIpc) is 3.17. The highest BCUT2D eigenvalue weighted by molar-refractivity contribution is 7.85. The number of nitrogen functional groups attached to an aromatic ring is 1. The fraction of sp³-hybridized carbons (Fsp3) is 0.238. The standard InChI is InChI=1S/C19H21N5O2.2CH4O3S/c1-11-7-8-16(26-10-12-5-3-4-6-14(12)20)17-13(11)9-15(23-17)18(25)24(2)19(21)22;2*1-5(2,3)4/h3-9,23H,10,20H2,1-2H3,(H3,21,22);2*1H3,(H,2,3,4). The van der Waals surface area contributed by atoms with Gasteiger partial charge in [0.15, 0.2) is 5.96 Å². The molecule has 3 rings (SSSR count). The summed E-state index contributed by atoms with van der Waals surface area (Å²) in [5.74, 6) is -0.0776. The van der Waals surface area contributed by atoms with E-state index in [0.29, 0.717) is 36.2 Å². The number of nitrogens with two attached hydrogens (primary N) is 2. The zero-order valence-electron chi connectivity index (χ0n) is 20.0. The SMILES string of the molecule is CS(=O)(=O)O.CS(=O)(=O)O.Cc1ccc(OCc2ccccc2N)c2[nH]c(C(=O)N(C)C(=N)N)cc12. The van der Waals surface area contributed by atoms with Crippen LogP contribution < -0.4 is 16.2 Å². The smallest absolute Gasteiger partial charge is 0.276 e. The first kappa shape index (κ1) is 30.4. The first-order chi connectivity index (χ1) is 16.4. The molecule has 0 bridgehead atoms. The number of rotatable bonds is 4. The number of benzene rings is 2. The summed E-state index contributed by atoms with van der Waals surface area (Å²) in [6.07, 6.45) is 1.43. The molecule has 3 aromatic rings. The Balaban J connectivity index is 0.000000550. The molecule has 0 saturated heterocycles. The second-order valence-electron chi connectivity index (χ2n) is 7.56. The topological polar surface area (TPSA) is 230 Å². The monoisotopic (exact) mass is 543 g/mol. The summed E-state index contributed by atoms with van der Waals surface area (Å²) in [7, 11) is -5.88. The normalized spacial score (nSPS) is 10.9. The van der Waals surface area contributed by atoms with Crippen LogP contribution >= 0.6 is 0 Å². The lowest BCUT2D eigenvalue weighted by atomic mass is 10.1. The van der Waals surface area contributed by atoms with Crippen molar-refractivity contribution in [3.05, 3.63) is 59.3 Å². The van der Waals surface area contributed by atoms with Gasteiger partial charge >= 0.3 is 0 Å². The minimum Gasteiger partial charge on any atom is -0.487 e. The Morgan fingerprint density at radius 2 is 1.61 bits per heavy atom. The van der Waals surface area contributed by atoms with Gasteiger partial charge in [0.2, 0.25) is 0 Å². The molecule has 0 unspecified atom stereocenters.